The molecule has 0 aromatic rings. The largest absolute Gasteiger partial charge is 0.469 e. The van der Waals surface area contributed by atoms with Crippen LogP contribution in [0.3, 0.4) is 0 Å². The Morgan fingerprint density at radius 3 is 2.06 bits per heavy atom. The zero-order valence-electron chi connectivity index (χ0n) is 10.3. The molecule has 1 aliphatic rings. The summed E-state index contributed by atoms with van der Waals surface area (Å²) in [7, 11) is 1.42. The monoisotopic (exact) mass is 227 g/mol. The van der Waals surface area contributed by atoms with Gasteiger partial charge in [-0.15, -0.1) is 0 Å². The smallest absolute Gasteiger partial charge is 0.308 e. The van der Waals surface area contributed by atoms with Crippen LogP contribution in [0.15, 0.2) is 0 Å². The van der Waals surface area contributed by atoms with Crippen LogP contribution in [0.5, 0.6) is 0 Å². The van der Waals surface area contributed by atoms with Crippen molar-refractivity contribution in [2.75, 3.05) is 7.11 Å². The highest BCUT2D eigenvalue weighted by Gasteiger charge is 2.30. The van der Waals surface area contributed by atoms with Gasteiger partial charge in [-0.1, -0.05) is 0 Å². The fourth-order valence-electron chi connectivity index (χ4n) is 2.16. The number of amides is 1. The molecule has 0 spiro atoms. The minimum absolute atomic E-state index is 0.00639. The molecule has 0 aliphatic heterocycles. The van der Waals surface area contributed by atoms with Gasteiger partial charge in [-0.05, 0) is 39.5 Å². The van der Waals surface area contributed by atoms with Gasteiger partial charge in [0.15, 0.2) is 0 Å². The summed E-state index contributed by atoms with van der Waals surface area (Å²) >= 11 is 0. The average molecular weight is 227 g/mol. The Labute approximate surface area is 96.7 Å². The Morgan fingerprint density at radius 2 is 1.62 bits per heavy atom. The van der Waals surface area contributed by atoms with Crippen molar-refractivity contribution in [2.24, 2.45) is 11.8 Å². The third-order valence-corrected chi connectivity index (χ3v) is 3.06. The summed E-state index contributed by atoms with van der Waals surface area (Å²) in [6.45, 7) is 3.91. The zero-order valence-corrected chi connectivity index (χ0v) is 10.3. The molecule has 0 bridgehead atoms. The van der Waals surface area contributed by atoms with Gasteiger partial charge in [-0.2, -0.15) is 0 Å². The number of nitrogens with one attached hydrogen (secondary N) is 1. The molecule has 16 heavy (non-hydrogen) atoms. The van der Waals surface area contributed by atoms with E-state index in [9.17, 15) is 9.59 Å². The van der Waals surface area contributed by atoms with Crippen molar-refractivity contribution in [1.29, 1.82) is 0 Å². The second-order valence-corrected chi connectivity index (χ2v) is 4.73. The Kier molecular flexibility index (Phi) is 4.77. The van der Waals surface area contributed by atoms with E-state index in [1.165, 1.54) is 7.11 Å². The van der Waals surface area contributed by atoms with Crippen LogP contribution in [0.1, 0.15) is 39.5 Å². The van der Waals surface area contributed by atoms with Gasteiger partial charge in [0.05, 0.1) is 13.0 Å². The summed E-state index contributed by atoms with van der Waals surface area (Å²) in [5.74, 6) is 0.0532. The van der Waals surface area contributed by atoms with Crippen molar-refractivity contribution in [2.45, 2.75) is 45.6 Å². The molecule has 4 heteroatoms. The first-order valence-corrected chi connectivity index (χ1v) is 5.92. The van der Waals surface area contributed by atoms with E-state index in [1.807, 2.05) is 13.8 Å². The van der Waals surface area contributed by atoms with Gasteiger partial charge < -0.3 is 10.1 Å². The summed E-state index contributed by atoms with van der Waals surface area (Å²) in [6, 6.07) is 0.186. The molecule has 4 nitrogen and oxygen atoms in total. The molecule has 1 saturated carbocycles. The van der Waals surface area contributed by atoms with Gasteiger partial charge in [-0.25, -0.2) is 0 Å². The number of carbonyl (C=O) groups excluding carboxylic acids is 2. The molecule has 1 N–H and O–H groups in total. The van der Waals surface area contributed by atoms with E-state index >= 15 is 0 Å². The topological polar surface area (TPSA) is 55.4 Å². The molecular formula is C12H21NO3. The summed E-state index contributed by atoms with van der Waals surface area (Å²) in [4.78, 5) is 23.0. The highest BCUT2D eigenvalue weighted by atomic mass is 16.5. The van der Waals surface area contributed by atoms with Crippen molar-refractivity contribution in [3.8, 4) is 0 Å². The Bertz CT molecular complexity index is 255. The highest BCUT2D eigenvalue weighted by molar-refractivity contribution is 5.79. The number of methoxy groups -OCH3 is 1. The van der Waals surface area contributed by atoms with Crippen LogP contribution in [0, 0.1) is 11.8 Å². The summed E-state index contributed by atoms with van der Waals surface area (Å²) < 4.78 is 4.71. The van der Waals surface area contributed by atoms with E-state index in [-0.39, 0.29) is 29.8 Å². The zero-order chi connectivity index (χ0) is 12.1. The minimum Gasteiger partial charge on any atom is -0.469 e. The molecule has 92 valence electrons. The number of ether oxygens (including phenoxy) is 1. The number of hydrogen-bond donors (Lipinski definition) is 1. The fraction of sp³-hybridized carbons (Fsp3) is 0.833. The van der Waals surface area contributed by atoms with Crippen molar-refractivity contribution in [3.63, 3.8) is 0 Å². The molecule has 0 aromatic heterocycles. The van der Waals surface area contributed by atoms with E-state index in [4.69, 9.17) is 4.74 Å². The molecule has 0 radical (unpaired) electrons. The van der Waals surface area contributed by atoms with Crippen LogP contribution in [0.4, 0.5) is 0 Å². The van der Waals surface area contributed by atoms with Crippen LogP contribution < -0.4 is 5.32 Å². The molecule has 0 atom stereocenters. The minimum atomic E-state index is -0.136. The van der Waals surface area contributed by atoms with Crippen molar-refractivity contribution >= 4 is 11.9 Å². The van der Waals surface area contributed by atoms with E-state index in [0.717, 1.165) is 25.7 Å². The maximum Gasteiger partial charge on any atom is 0.308 e. The van der Waals surface area contributed by atoms with Crippen LogP contribution >= 0.6 is 0 Å². The lowest BCUT2D eigenvalue weighted by molar-refractivity contribution is -0.147. The first-order valence-electron chi connectivity index (χ1n) is 5.92. The van der Waals surface area contributed by atoms with E-state index in [1.54, 1.807) is 0 Å². The average Bonchev–Trinajstić information content (AvgIpc) is 2.27. The third-order valence-electron chi connectivity index (χ3n) is 3.06. The second-order valence-electron chi connectivity index (χ2n) is 4.73. The normalized spacial score (nSPS) is 25.2. The van der Waals surface area contributed by atoms with Gasteiger partial charge >= 0.3 is 5.97 Å². The molecule has 0 saturated heterocycles. The van der Waals surface area contributed by atoms with E-state index < -0.39 is 0 Å². The van der Waals surface area contributed by atoms with Gasteiger partial charge in [0, 0.05) is 12.0 Å². The Morgan fingerprint density at radius 1 is 1.12 bits per heavy atom. The van der Waals surface area contributed by atoms with Crippen molar-refractivity contribution < 1.29 is 14.3 Å². The molecule has 1 rings (SSSR count). The van der Waals surface area contributed by atoms with E-state index in [2.05, 4.69) is 5.32 Å². The molecule has 0 aromatic carbocycles. The quantitative estimate of drug-likeness (QED) is 0.743. The number of hydrogen-bond acceptors (Lipinski definition) is 3. The molecule has 0 unspecified atom stereocenters. The molecule has 1 fully saturated rings. The maximum absolute atomic E-state index is 11.7. The van der Waals surface area contributed by atoms with Gasteiger partial charge in [-0.3, -0.25) is 9.59 Å². The lowest BCUT2D eigenvalue weighted by Crippen LogP contribution is -2.38. The lowest BCUT2D eigenvalue weighted by Gasteiger charge is -2.26. The molecule has 0 heterocycles. The summed E-state index contributed by atoms with van der Waals surface area (Å²) in [5.41, 5.74) is 0. The van der Waals surface area contributed by atoms with Crippen LogP contribution in [0.25, 0.3) is 0 Å². The van der Waals surface area contributed by atoms with Gasteiger partial charge in [0.2, 0.25) is 5.91 Å². The predicted octanol–water partition coefficient (Wildman–Crippen LogP) is 1.49. The van der Waals surface area contributed by atoms with Crippen LogP contribution in [-0.4, -0.2) is 25.0 Å². The first kappa shape index (κ1) is 13.0. The van der Waals surface area contributed by atoms with Gasteiger partial charge in [0.1, 0.15) is 0 Å². The maximum atomic E-state index is 11.7. The SMILES string of the molecule is COC(=O)C1CCC(C(=O)NC(C)C)CC1. The van der Waals surface area contributed by atoms with E-state index in [0.29, 0.717) is 0 Å². The highest BCUT2D eigenvalue weighted by Crippen LogP contribution is 2.29. The summed E-state index contributed by atoms with van der Waals surface area (Å²) in [5, 5.41) is 2.92. The number of rotatable bonds is 3. The first-order chi connectivity index (χ1) is 7.54. The number of carbonyl (C=O) groups is 2. The Balaban J connectivity index is 2.37. The van der Waals surface area contributed by atoms with Crippen molar-refractivity contribution in [3.05, 3.63) is 0 Å². The second kappa shape index (κ2) is 5.87. The van der Waals surface area contributed by atoms with Crippen molar-refractivity contribution in [1.82, 2.24) is 5.32 Å². The number of esters is 1. The Hall–Kier alpha value is -1.06. The fourth-order valence-corrected chi connectivity index (χ4v) is 2.16. The van der Waals surface area contributed by atoms with Crippen LogP contribution in [-0.2, 0) is 14.3 Å². The standard InChI is InChI=1S/C12H21NO3/c1-8(2)13-11(14)9-4-6-10(7-5-9)12(15)16-3/h8-10H,4-7H2,1-3H3,(H,13,14). The summed E-state index contributed by atoms with van der Waals surface area (Å²) in [6.07, 6.45) is 3.11. The molecule has 1 aliphatic carbocycles. The third kappa shape index (κ3) is 3.51. The van der Waals surface area contributed by atoms with Gasteiger partial charge in [0.25, 0.3) is 0 Å². The van der Waals surface area contributed by atoms with Crippen LogP contribution in [0.2, 0.25) is 0 Å². The lowest BCUT2D eigenvalue weighted by atomic mass is 9.81. The molecular weight excluding hydrogens is 206 g/mol. The predicted molar refractivity (Wildman–Crippen MR) is 60.7 cm³/mol. The molecule has 1 amide bonds.